The second-order valence-electron chi connectivity index (χ2n) is 6.94. The molecule has 1 unspecified atom stereocenters. The Morgan fingerprint density at radius 3 is 2.88 bits per heavy atom. The van der Waals surface area contributed by atoms with E-state index in [-0.39, 0.29) is 11.8 Å². The highest BCUT2D eigenvalue weighted by Gasteiger charge is 2.30. The highest BCUT2D eigenvalue weighted by molar-refractivity contribution is 5.79. The van der Waals surface area contributed by atoms with Crippen molar-refractivity contribution in [2.24, 2.45) is 5.92 Å². The van der Waals surface area contributed by atoms with Crippen LogP contribution in [0.1, 0.15) is 43.0 Å². The molecule has 1 atom stereocenters. The first-order valence-electron chi connectivity index (χ1n) is 8.90. The SMILES string of the molecule is Cc1cc2nccc(C3CCN(C(=O)C4CCCOC4)CC3)n2n1. The van der Waals surface area contributed by atoms with Crippen LogP contribution in [0, 0.1) is 12.8 Å². The van der Waals surface area contributed by atoms with Crippen LogP contribution in [0.25, 0.3) is 5.65 Å². The molecular formula is C18H24N4O2. The summed E-state index contributed by atoms with van der Waals surface area (Å²) in [6.45, 7) is 5.03. The predicted octanol–water partition coefficient (Wildman–Crippen LogP) is 2.17. The minimum atomic E-state index is 0.0664. The van der Waals surface area contributed by atoms with Crippen molar-refractivity contribution in [2.75, 3.05) is 26.3 Å². The number of aromatic nitrogens is 3. The number of amides is 1. The molecule has 2 fully saturated rings. The van der Waals surface area contributed by atoms with Gasteiger partial charge in [-0.15, -0.1) is 0 Å². The first-order chi connectivity index (χ1) is 11.7. The van der Waals surface area contributed by atoms with Gasteiger partial charge in [0.25, 0.3) is 0 Å². The second kappa shape index (κ2) is 6.51. The van der Waals surface area contributed by atoms with Crippen LogP contribution in [0.3, 0.4) is 0 Å². The van der Waals surface area contributed by atoms with Gasteiger partial charge in [0.05, 0.1) is 18.2 Å². The number of fused-ring (bicyclic) bond motifs is 1. The molecule has 2 aliphatic rings. The Morgan fingerprint density at radius 2 is 2.12 bits per heavy atom. The molecule has 0 aliphatic carbocycles. The zero-order valence-electron chi connectivity index (χ0n) is 14.1. The smallest absolute Gasteiger partial charge is 0.228 e. The van der Waals surface area contributed by atoms with E-state index < -0.39 is 0 Å². The summed E-state index contributed by atoms with van der Waals surface area (Å²) in [4.78, 5) is 19.0. The minimum absolute atomic E-state index is 0.0664. The van der Waals surface area contributed by atoms with Crippen LogP contribution in [0.15, 0.2) is 18.3 Å². The number of aryl methyl sites for hydroxylation is 1. The molecule has 2 saturated heterocycles. The lowest BCUT2D eigenvalue weighted by Gasteiger charge is -2.35. The molecule has 0 N–H and O–H groups in total. The maximum absolute atomic E-state index is 12.6. The summed E-state index contributed by atoms with van der Waals surface area (Å²) in [5.41, 5.74) is 3.10. The molecule has 0 bridgehead atoms. The number of hydrogen-bond acceptors (Lipinski definition) is 4. The number of hydrogen-bond donors (Lipinski definition) is 0. The van der Waals surface area contributed by atoms with Gasteiger partial charge in [0.1, 0.15) is 0 Å². The monoisotopic (exact) mass is 328 g/mol. The Labute approximate surface area is 141 Å². The van der Waals surface area contributed by atoms with Crippen molar-refractivity contribution in [1.82, 2.24) is 19.5 Å². The second-order valence-corrected chi connectivity index (χ2v) is 6.94. The standard InChI is InChI=1S/C18H24N4O2/c1-13-11-17-19-7-4-16(22(17)20-13)14-5-8-21(9-6-14)18(23)15-3-2-10-24-12-15/h4,7,11,14-15H,2-3,5-6,8-10,12H2,1H3. The number of nitrogens with zero attached hydrogens (tertiary/aromatic N) is 4. The van der Waals surface area contributed by atoms with Gasteiger partial charge in [-0.25, -0.2) is 9.50 Å². The van der Waals surface area contributed by atoms with Gasteiger partial charge in [-0.2, -0.15) is 5.10 Å². The van der Waals surface area contributed by atoms with E-state index in [1.54, 1.807) is 0 Å². The summed E-state index contributed by atoms with van der Waals surface area (Å²) in [6, 6.07) is 4.07. The molecule has 0 saturated carbocycles. The molecule has 4 heterocycles. The highest BCUT2D eigenvalue weighted by Crippen LogP contribution is 2.29. The fraction of sp³-hybridized carbons (Fsp3) is 0.611. The molecule has 6 heteroatoms. The van der Waals surface area contributed by atoms with E-state index in [4.69, 9.17) is 4.74 Å². The van der Waals surface area contributed by atoms with E-state index in [9.17, 15) is 4.79 Å². The number of ether oxygens (including phenoxy) is 1. The molecule has 0 aromatic carbocycles. The zero-order chi connectivity index (χ0) is 16.5. The van der Waals surface area contributed by atoms with Crippen molar-refractivity contribution in [1.29, 1.82) is 0 Å². The molecule has 2 aromatic rings. The first-order valence-corrected chi connectivity index (χ1v) is 8.90. The number of rotatable bonds is 2. The van der Waals surface area contributed by atoms with Gasteiger partial charge in [0.2, 0.25) is 5.91 Å². The number of carbonyl (C=O) groups is 1. The molecule has 4 rings (SSSR count). The fourth-order valence-electron chi connectivity index (χ4n) is 3.93. The summed E-state index contributed by atoms with van der Waals surface area (Å²) in [6.07, 6.45) is 5.80. The van der Waals surface area contributed by atoms with E-state index in [0.717, 1.165) is 56.7 Å². The van der Waals surface area contributed by atoms with Gasteiger partial charge in [0.15, 0.2) is 5.65 Å². The van der Waals surface area contributed by atoms with Gasteiger partial charge in [-0.3, -0.25) is 4.79 Å². The van der Waals surface area contributed by atoms with Crippen LogP contribution in [-0.4, -0.2) is 51.7 Å². The minimum Gasteiger partial charge on any atom is -0.381 e. The molecule has 2 aliphatic heterocycles. The van der Waals surface area contributed by atoms with E-state index in [2.05, 4.69) is 16.1 Å². The molecule has 6 nitrogen and oxygen atoms in total. The van der Waals surface area contributed by atoms with Gasteiger partial charge in [-0.05, 0) is 38.7 Å². The third kappa shape index (κ3) is 2.90. The van der Waals surface area contributed by atoms with Crippen molar-refractivity contribution < 1.29 is 9.53 Å². The summed E-state index contributed by atoms with van der Waals surface area (Å²) >= 11 is 0. The molecular weight excluding hydrogens is 304 g/mol. The summed E-state index contributed by atoms with van der Waals surface area (Å²) in [7, 11) is 0. The maximum Gasteiger partial charge on any atom is 0.228 e. The summed E-state index contributed by atoms with van der Waals surface area (Å²) in [5.74, 6) is 0.779. The van der Waals surface area contributed by atoms with E-state index in [1.807, 2.05) is 28.6 Å². The summed E-state index contributed by atoms with van der Waals surface area (Å²) < 4.78 is 7.43. The quantitative estimate of drug-likeness (QED) is 0.848. The topological polar surface area (TPSA) is 59.7 Å². The lowest BCUT2D eigenvalue weighted by Crippen LogP contribution is -2.43. The van der Waals surface area contributed by atoms with Gasteiger partial charge in [0, 0.05) is 43.6 Å². The molecule has 0 radical (unpaired) electrons. The van der Waals surface area contributed by atoms with E-state index >= 15 is 0 Å². The van der Waals surface area contributed by atoms with Crippen LogP contribution >= 0.6 is 0 Å². The zero-order valence-corrected chi connectivity index (χ0v) is 14.1. The van der Waals surface area contributed by atoms with Crippen molar-refractivity contribution in [3.63, 3.8) is 0 Å². The Bertz CT molecular complexity index is 728. The average Bonchev–Trinajstić information content (AvgIpc) is 3.02. The first kappa shape index (κ1) is 15.6. The lowest BCUT2D eigenvalue weighted by molar-refractivity contribution is -0.140. The largest absolute Gasteiger partial charge is 0.381 e. The van der Waals surface area contributed by atoms with Crippen LogP contribution in [-0.2, 0) is 9.53 Å². The van der Waals surface area contributed by atoms with Gasteiger partial charge in [-0.1, -0.05) is 0 Å². The average molecular weight is 328 g/mol. The maximum atomic E-state index is 12.6. The molecule has 128 valence electrons. The third-order valence-corrected chi connectivity index (χ3v) is 5.24. The molecule has 2 aromatic heterocycles. The molecule has 0 spiro atoms. The number of likely N-dealkylation sites (tertiary alicyclic amines) is 1. The Balaban J connectivity index is 1.44. The fourth-order valence-corrected chi connectivity index (χ4v) is 3.93. The van der Waals surface area contributed by atoms with Gasteiger partial charge >= 0.3 is 0 Å². The van der Waals surface area contributed by atoms with Crippen molar-refractivity contribution in [3.8, 4) is 0 Å². The van der Waals surface area contributed by atoms with Gasteiger partial charge < -0.3 is 9.64 Å². The van der Waals surface area contributed by atoms with Crippen molar-refractivity contribution in [3.05, 3.63) is 29.7 Å². The van der Waals surface area contributed by atoms with E-state index in [0.29, 0.717) is 12.5 Å². The Morgan fingerprint density at radius 1 is 1.29 bits per heavy atom. The molecule has 1 amide bonds. The van der Waals surface area contributed by atoms with Crippen molar-refractivity contribution in [2.45, 2.75) is 38.5 Å². The van der Waals surface area contributed by atoms with E-state index in [1.165, 1.54) is 5.69 Å². The highest BCUT2D eigenvalue weighted by atomic mass is 16.5. The third-order valence-electron chi connectivity index (χ3n) is 5.24. The Kier molecular flexibility index (Phi) is 4.22. The van der Waals surface area contributed by atoms with Crippen LogP contribution in [0.5, 0.6) is 0 Å². The predicted molar refractivity (Wildman–Crippen MR) is 89.8 cm³/mol. The molecule has 24 heavy (non-hydrogen) atoms. The van der Waals surface area contributed by atoms with Crippen LogP contribution < -0.4 is 0 Å². The Hall–Kier alpha value is -1.95. The van der Waals surface area contributed by atoms with Crippen LogP contribution in [0.4, 0.5) is 0 Å². The number of carbonyl (C=O) groups excluding carboxylic acids is 1. The number of piperidine rings is 1. The van der Waals surface area contributed by atoms with Crippen LogP contribution in [0.2, 0.25) is 0 Å². The summed E-state index contributed by atoms with van der Waals surface area (Å²) in [5, 5.41) is 4.57. The normalized spacial score (nSPS) is 22.9. The lowest BCUT2D eigenvalue weighted by atomic mass is 9.91. The van der Waals surface area contributed by atoms with Crippen molar-refractivity contribution >= 4 is 11.6 Å².